The van der Waals surface area contributed by atoms with Crippen LogP contribution in [0, 0.1) is 5.92 Å². The predicted octanol–water partition coefficient (Wildman–Crippen LogP) is 2.52. The first-order chi connectivity index (χ1) is 9.20. The largest absolute Gasteiger partial charge is 0.496 e. The molecule has 19 heavy (non-hydrogen) atoms. The van der Waals surface area contributed by atoms with Gasteiger partial charge in [0.2, 0.25) is 0 Å². The van der Waals surface area contributed by atoms with Gasteiger partial charge in [-0.15, -0.1) is 0 Å². The number of rotatable bonds is 4. The van der Waals surface area contributed by atoms with Crippen LogP contribution in [0.4, 0.5) is 0 Å². The SMILES string of the molecule is COc1cc(C2CNC2)c2c(c1CC(C)C)CCO2. The number of fused-ring (bicyclic) bond motifs is 1. The quantitative estimate of drug-likeness (QED) is 0.903. The average molecular weight is 261 g/mol. The second-order valence-corrected chi connectivity index (χ2v) is 6.01. The molecule has 3 nitrogen and oxygen atoms in total. The maximum Gasteiger partial charge on any atom is 0.126 e. The minimum Gasteiger partial charge on any atom is -0.496 e. The summed E-state index contributed by atoms with van der Waals surface area (Å²) in [4.78, 5) is 0. The lowest BCUT2D eigenvalue weighted by atomic mass is 9.87. The van der Waals surface area contributed by atoms with Gasteiger partial charge in [-0.2, -0.15) is 0 Å². The third-order valence-electron chi connectivity index (χ3n) is 4.14. The van der Waals surface area contributed by atoms with Crippen molar-refractivity contribution in [3.8, 4) is 11.5 Å². The van der Waals surface area contributed by atoms with E-state index in [9.17, 15) is 0 Å². The first-order valence-corrected chi connectivity index (χ1v) is 7.26. The Labute approximate surface area is 115 Å². The van der Waals surface area contributed by atoms with Gasteiger partial charge in [-0.05, 0) is 18.4 Å². The zero-order chi connectivity index (χ0) is 13.4. The van der Waals surface area contributed by atoms with Gasteiger partial charge in [-0.25, -0.2) is 0 Å². The van der Waals surface area contributed by atoms with Crippen molar-refractivity contribution in [1.29, 1.82) is 0 Å². The van der Waals surface area contributed by atoms with E-state index < -0.39 is 0 Å². The van der Waals surface area contributed by atoms with Gasteiger partial charge in [0.25, 0.3) is 0 Å². The Kier molecular flexibility index (Phi) is 3.40. The van der Waals surface area contributed by atoms with E-state index in [-0.39, 0.29) is 0 Å². The highest BCUT2D eigenvalue weighted by atomic mass is 16.5. The normalized spacial score (nSPS) is 18.1. The molecule has 0 aliphatic carbocycles. The monoisotopic (exact) mass is 261 g/mol. The Morgan fingerprint density at radius 3 is 2.79 bits per heavy atom. The highest BCUT2D eigenvalue weighted by molar-refractivity contribution is 5.57. The summed E-state index contributed by atoms with van der Waals surface area (Å²) in [6.07, 6.45) is 2.10. The molecule has 2 aliphatic rings. The topological polar surface area (TPSA) is 30.5 Å². The van der Waals surface area contributed by atoms with Crippen molar-refractivity contribution in [3.05, 3.63) is 22.8 Å². The molecule has 0 amide bonds. The fraction of sp³-hybridized carbons (Fsp3) is 0.625. The van der Waals surface area contributed by atoms with E-state index in [4.69, 9.17) is 9.47 Å². The molecule has 0 radical (unpaired) electrons. The summed E-state index contributed by atoms with van der Waals surface area (Å²) in [6.45, 7) is 7.45. The van der Waals surface area contributed by atoms with Gasteiger partial charge in [-0.1, -0.05) is 13.8 Å². The fourth-order valence-electron chi connectivity index (χ4n) is 3.07. The molecule has 1 fully saturated rings. The van der Waals surface area contributed by atoms with Crippen molar-refractivity contribution >= 4 is 0 Å². The van der Waals surface area contributed by atoms with E-state index in [1.807, 2.05) is 0 Å². The third-order valence-corrected chi connectivity index (χ3v) is 4.14. The van der Waals surface area contributed by atoms with Gasteiger partial charge >= 0.3 is 0 Å². The molecule has 0 aromatic heterocycles. The van der Waals surface area contributed by atoms with Crippen molar-refractivity contribution in [3.63, 3.8) is 0 Å². The zero-order valence-corrected chi connectivity index (χ0v) is 12.1. The van der Waals surface area contributed by atoms with E-state index in [1.54, 1.807) is 7.11 Å². The maximum atomic E-state index is 5.92. The lowest BCUT2D eigenvalue weighted by Crippen LogP contribution is -2.40. The Morgan fingerprint density at radius 1 is 1.42 bits per heavy atom. The van der Waals surface area contributed by atoms with E-state index in [0.717, 1.165) is 44.0 Å². The third kappa shape index (κ3) is 2.20. The van der Waals surface area contributed by atoms with Gasteiger partial charge in [0.1, 0.15) is 11.5 Å². The Morgan fingerprint density at radius 2 is 2.21 bits per heavy atom. The highest BCUT2D eigenvalue weighted by Crippen LogP contribution is 2.43. The average Bonchev–Trinajstić information content (AvgIpc) is 2.78. The van der Waals surface area contributed by atoms with Gasteiger partial charge < -0.3 is 14.8 Å². The van der Waals surface area contributed by atoms with Crippen LogP contribution in [0.5, 0.6) is 11.5 Å². The molecule has 1 aromatic carbocycles. The van der Waals surface area contributed by atoms with Crippen molar-refractivity contribution in [1.82, 2.24) is 5.32 Å². The van der Waals surface area contributed by atoms with Crippen LogP contribution in [0.25, 0.3) is 0 Å². The van der Waals surface area contributed by atoms with Crippen LogP contribution in [0.3, 0.4) is 0 Å². The second kappa shape index (κ2) is 5.04. The lowest BCUT2D eigenvalue weighted by molar-refractivity contribution is 0.342. The number of ether oxygens (including phenoxy) is 2. The standard InChI is InChI=1S/C16H23NO2/c1-10(2)6-14-12-4-5-19-16(12)13(7-15(14)18-3)11-8-17-9-11/h7,10-11,17H,4-6,8-9H2,1-3H3. The molecule has 1 N–H and O–H groups in total. The van der Waals surface area contributed by atoms with E-state index in [1.165, 1.54) is 16.7 Å². The smallest absolute Gasteiger partial charge is 0.126 e. The lowest BCUT2D eigenvalue weighted by Gasteiger charge is -2.30. The highest BCUT2D eigenvalue weighted by Gasteiger charge is 2.30. The molecule has 3 rings (SSSR count). The van der Waals surface area contributed by atoms with Crippen LogP contribution in [0.1, 0.15) is 36.5 Å². The van der Waals surface area contributed by atoms with Crippen molar-refractivity contribution in [2.24, 2.45) is 5.92 Å². The number of methoxy groups -OCH3 is 1. The summed E-state index contributed by atoms with van der Waals surface area (Å²) in [5.41, 5.74) is 4.10. The van der Waals surface area contributed by atoms with Crippen molar-refractivity contribution in [2.75, 3.05) is 26.8 Å². The minimum absolute atomic E-state index is 0.592. The van der Waals surface area contributed by atoms with Gasteiger partial charge in [0, 0.05) is 42.1 Å². The van der Waals surface area contributed by atoms with E-state index in [2.05, 4.69) is 25.2 Å². The fourth-order valence-corrected chi connectivity index (χ4v) is 3.07. The minimum atomic E-state index is 0.592. The summed E-state index contributed by atoms with van der Waals surface area (Å²) >= 11 is 0. The Hall–Kier alpha value is -1.22. The van der Waals surface area contributed by atoms with E-state index in [0.29, 0.717) is 11.8 Å². The molecule has 0 unspecified atom stereocenters. The van der Waals surface area contributed by atoms with Gasteiger partial charge in [0.05, 0.1) is 13.7 Å². The summed E-state index contributed by atoms with van der Waals surface area (Å²) in [5.74, 6) is 3.44. The Balaban J connectivity index is 2.07. The number of nitrogens with one attached hydrogen (secondary N) is 1. The molecule has 1 aromatic rings. The van der Waals surface area contributed by atoms with Gasteiger partial charge in [-0.3, -0.25) is 0 Å². The van der Waals surface area contributed by atoms with E-state index >= 15 is 0 Å². The summed E-state index contributed by atoms with van der Waals surface area (Å²) in [5, 5.41) is 3.34. The van der Waals surface area contributed by atoms with Crippen LogP contribution in [0.15, 0.2) is 6.07 Å². The van der Waals surface area contributed by atoms with Crippen LogP contribution in [-0.2, 0) is 12.8 Å². The molecule has 0 bridgehead atoms. The molecule has 2 heterocycles. The first-order valence-electron chi connectivity index (χ1n) is 7.26. The molecule has 0 atom stereocenters. The molecule has 0 saturated carbocycles. The Bertz CT molecular complexity index is 478. The molecule has 104 valence electrons. The number of hydrogen-bond acceptors (Lipinski definition) is 3. The molecule has 1 saturated heterocycles. The van der Waals surface area contributed by atoms with Gasteiger partial charge in [0.15, 0.2) is 0 Å². The molecular formula is C16H23NO2. The van der Waals surface area contributed by atoms with Crippen LogP contribution >= 0.6 is 0 Å². The summed E-state index contributed by atoms with van der Waals surface area (Å²) < 4.78 is 11.6. The maximum absolute atomic E-state index is 5.92. The van der Waals surface area contributed by atoms with Crippen LogP contribution < -0.4 is 14.8 Å². The molecule has 2 aliphatic heterocycles. The molecular weight excluding hydrogens is 238 g/mol. The zero-order valence-electron chi connectivity index (χ0n) is 12.1. The molecule has 3 heteroatoms. The summed E-state index contributed by atoms with van der Waals surface area (Å²) in [6, 6.07) is 2.22. The van der Waals surface area contributed by atoms with Crippen LogP contribution in [-0.4, -0.2) is 26.8 Å². The number of benzene rings is 1. The second-order valence-electron chi connectivity index (χ2n) is 6.01. The predicted molar refractivity (Wildman–Crippen MR) is 76.3 cm³/mol. The molecule has 0 spiro atoms. The van der Waals surface area contributed by atoms with Crippen molar-refractivity contribution < 1.29 is 9.47 Å². The first kappa shape index (κ1) is 12.8. The van der Waals surface area contributed by atoms with Crippen molar-refractivity contribution in [2.45, 2.75) is 32.6 Å². The number of hydrogen-bond donors (Lipinski definition) is 1. The van der Waals surface area contributed by atoms with Crippen LogP contribution in [0.2, 0.25) is 0 Å². The summed E-state index contributed by atoms with van der Waals surface area (Å²) in [7, 11) is 1.78.